The lowest BCUT2D eigenvalue weighted by atomic mass is 10.1. The molecule has 156 valence electrons. The van der Waals surface area contributed by atoms with E-state index in [1.54, 1.807) is 14.2 Å². The van der Waals surface area contributed by atoms with E-state index in [4.69, 9.17) is 9.47 Å². The predicted octanol–water partition coefficient (Wildman–Crippen LogP) is 2.69. The Bertz CT molecular complexity index is 823. The summed E-state index contributed by atoms with van der Waals surface area (Å²) < 4.78 is 11.5. The Labute approximate surface area is 180 Å². The largest absolute Gasteiger partial charge is 0.493 e. The minimum atomic E-state index is -0.185. The van der Waals surface area contributed by atoms with E-state index in [1.165, 1.54) is 0 Å². The number of piperazine rings is 1. The molecule has 8 heteroatoms. The zero-order valence-corrected chi connectivity index (χ0v) is 18.6. The summed E-state index contributed by atoms with van der Waals surface area (Å²) in [6.07, 6.45) is 1.81. The number of nitrogens with zero attached hydrogens (tertiary/aromatic N) is 3. The molecule has 0 aliphatic carbocycles. The summed E-state index contributed by atoms with van der Waals surface area (Å²) >= 11 is 3.41. The fraction of sp³-hybridized carbons (Fsp3) is 0.429. The number of hydrogen-bond acceptors (Lipinski definition) is 6. The van der Waals surface area contributed by atoms with Gasteiger partial charge in [-0.15, -0.1) is 0 Å². The van der Waals surface area contributed by atoms with Gasteiger partial charge in [0.2, 0.25) is 5.91 Å². The van der Waals surface area contributed by atoms with Gasteiger partial charge in [-0.1, -0.05) is 6.07 Å². The summed E-state index contributed by atoms with van der Waals surface area (Å²) in [6, 6.07) is 9.48. The molecule has 1 N–H and O–H groups in total. The highest BCUT2D eigenvalue weighted by molar-refractivity contribution is 9.10. The van der Waals surface area contributed by atoms with Crippen LogP contribution < -0.4 is 19.7 Å². The Morgan fingerprint density at radius 3 is 2.48 bits per heavy atom. The molecule has 1 aromatic heterocycles. The molecule has 1 atom stereocenters. The Morgan fingerprint density at radius 1 is 1.14 bits per heavy atom. The molecule has 0 saturated carbocycles. The van der Waals surface area contributed by atoms with E-state index in [0.29, 0.717) is 18.0 Å². The summed E-state index contributed by atoms with van der Waals surface area (Å²) in [5.74, 6) is 2.33. The highest BCUT2D eigenvalue weighted by atomic mass is 79.9. The number of amides is 1. The number of anilines is 1. The van der Waals surface area contributed by atoms with Crippen LogP contribution in [0.5, 0.6) is 11.5 Å². The highest BCUT2D eigenvalue weighted by Gasteiger charge is 2.26. The molecule has 1 saturated heterocycles. The lowest BCUT2D eigenvalue weighted by Crippen LogP contribution is -2.54. The van der Waals surface area contributed by atoms with Crippen LogP contribution in [-0.4, -0.2) is 62.2 Å². The van der Waals surface area contributed by atoms with Crippen LogP contribution in [-0.2, 0) is 11.3 Å². The first-order valence-corrected chi connectivity index (χ1v) is 10.4. The molecule has 3 rings (SSSR count). The molecule has 2 heterocycles. The van der Waals surface area contributed by atoms with Crippen LogP contribution in [0.15, 0.2) is 41.0 Å². The van der Waals surface area contributed by atoms with E-state index in [9.17, 15) is 4.79 Å². The standard InChI is InChI=1S/C21H27BrN4O3/c1-15(21(27)24-13-16-4-6-18(28-2)19(12-16)29-3)25-8-10-26(11-9-25)20-7-5-17(22)14-23-20/h4-7,12,14-15H,8-11,13H2,1-3H3,(H,24,27). The number of carbonyl (C=O) groups is 1. The summed E-state index contributed by atoms with van der Waals surface area (Å²) in [5.41, 5.74) is 0.967. The van der Waals surface area contributed by atoms with Crippen molar-refractivity contribution in [3.05, 3.63) is 46.6 Å². The number of benzene rings is 1. The van der Waals surface area contributed by atoms with E-state index in [0.717, 1.165) is 42.0 Å². The zero-order chi connectivity index (χ0) is 20.8. The van der Waals surface area contributed by atoms with E-state index < -0.39 is 0 Å². The monoisotopic (exact) mass is 462 g/mol. The van der Waals surface area contributed by atoms with Gasteiger partial charge in [0.1, 0.15) is 5.82 Å². The average Bonchev–Trinajstić information content (AvgIpc) is 2.77. The predicted molar refractivity (Wildman–Crippen MR) is 117 cm³/mol. The molecule has 0 bridgehead atoms. The maximum Gasteiger partial charge on any atom is 0.237 e. The molecule has 0 spiro atoms. The second-order valence-electron chi connectivity index (χ2n) is 6.94. The Kier molecular flexibility index (Phi) is 7.33. The SMILES string of the molecule is COc1ccc(CNC(=O)C(C)N2CCN(c3ccc(Br)cn3)CC2)cc1OC. The molecule has 1 fully saturated rings. The van der Waals surface area contributed by atoms with Gasteiger partial charge in [-0.25, -0.2) is 4.98 Å². The third-order valence-corrected chi connectivity index (χ3v) is 5.66. The van der Waals surface area contributed by atoms with Crippen molar-refractivity contribution in [2.45, 2.75) is 19.5 Å². The van der Waals surface area contributed by atoms with Gasteiger partial charge in [0.25, 0.3) is 0 Å². The fourth-order valence-electron chi connectivity index (χ4n) is 3.39. The smallest absolute Gasteiger partial charge is 0.237 e. The third-order valence-electron chi connectivity index (χ3n) is 5.19. The van der Waals surface area contributed by atoms with E-state index in [1.807, 2.05) is 43.5 Å². The van der Waals surface area contributed by atoms with Crippen molar-refractivity contribution < 1.29 is 14.3 Å². The maximum absolute atomic E-state index is 12.6. The van der Waals surface area contributed by atoms with E-state index in [2.05, 4.69) is 36.0 Å². The molecule has 0 radical (unpaired) electrons. The molecule has 1 unspecified atom stereocenters. The van der Waals surface area contributed by atoms with Crippen molar-refractivity contribution in [1.82, 2.24) is 15.2 Å². The molecule has 1 aliphatic heterocycles. The molecular weight excluding hydrogens is 436 g/mol. The summed E-state index contributed by atoms with van der Waals surface area (Å²) in [5, 5.41) is 3.03. The topological polar surface area (TPSA) is 66.9 Å². The number of methoxy groups -OCH3 is 2. The summed E-state index contributed by atoms with van der Waals surface area (Å²) in [7, 11) is 3.21. The van der Waals surface area contributed by atoms with Gasteiger partial charge in [-0.3, -0.25) is 9.69 Å². The number of hydrogen-bond donors (Lipinski definition) is 1. The van der Waals surface area contributed by atoms with Crippen molar-refractivity contribution in [3.63, 3.8) is 0 Å². The van der Waals surface area contributed by atoms with Gasteiger partial charge >= 0.3 is 0 Å². The second-order valence-corrected chi connectivity index (χ2v) is 7.86. The number of halogens is 1. The fourth-order valence-corrected chi connectivity index (χ4v) is 3.62. The van der Waals surface area contributed by atoms with Crippen LogP contribution in [0.1, 0.15) is 12.5 Å². The van der Waals surface area contributed by atoms with Crippen molar-refractivity contribution in [1.29, 1.82) is 0 Å². The third kappa shape index (κ3) is 5.39. The molecular formula is C21H27BrN4O3. The lowest BCUT2D eigenvalue weighted by Gasteiger charge is -2.38. The highest BCUT2D eigenvalue weighted by Crippen LogP contribution is 2.27. The van der Waals surface area contributed by atoms with Crippen LogP contribution in [0.3, 0.4) is 0 Å². The molecule has 1 aliphatic rings. The molecule has 1 aromatic carbocycles. The number of pyridine rings is 1. The summed E-state index contributed by atoms with van der Waals surface area (Å²) in [4.78, 5) is 21.6. The Morgan fingerprint density at radius 2 is 1.86 bits per heavy atom. The van der Waals surface area contributed by atoms with Gasteiger partial charge in [-0.2, -0.15) is 0 Å². The zero-order valence-electron chi connectivity index (χ0n) is 17.0. The average molecular weight is 463 g/mol. The quantitative estimate of drug-likeness (QED) is 0.682. The molecule has 1 amide bonds. The Hall–Kier alpha value is -2.32. The molecule has 2 aromatic rings. The molecule has 29 heavy (non-hydrogen) atoms. The second kappa shape index (κ2) is 9.93. The normalized spacial score (nSPS) is 15.7. The van der Waals surface area contributed by atoms with Crippen LogP contribution >= 0.6 is 15.9 Å². The minimum absolute atomic E-state index is 0.0231. The molecule has 7 nitrogen and oxygen atoms in total. The number of ether oxygens (including phenoxy) is 2. The number of nitrogens with one attached hydrogen (secondary N) is 1. The van der Waals surface area contributed by atoms with Gasteiger partial charge in [-0.05, 0) is 52.7 Å². The first-order chi connectivity index (χ1) is 14.0. The number of aromatic nitrogens is 1. The van der Waals surface area contributed by atoms with Gasteiger partial charge in [0.15, 0.2) is 11.5 Å². The van der Waals surface area contributed by atoms with Crippen LogP contribution in [0.2, 0.25) is 0 Å². The van der Waals surface area contributed by atoms with Crippen molar-refractivity contribution >= 4 is 27.7 Å². The summed E-state index contributed by atoms with van der Waals surface area (Å²) in [6.45, 7) is 5.75. The van der Waals surface area contributed by atoms with Crippen LogP contribution in [0.4, 0.5) is 5.82 Å². The first kappa shape index (κ1) is 21.4. The van der Waals surface area contributed by atoms with Gasteiger partial charge < -0.3 is 19.7 Å². The van der Waals surface area contributed by atoms with Crippen molar-refractivity contribution in [2.24, 2.45) is 0 Å². The van der Waals surface area contributed by atoms with Crippen LogP contribution in [0, 0.1) is 0 Å². The minimum Gasteiger partial charge on any atom is -0.493 e. The Balaban J connectivity index is 1.50. The number of carbonyl (C=O) groups excluding carboxylic acids is 1. The van der Waals surface area contributed by atoms with Crippen molar-refractivity contribution in [3.8, 4) is 11.5 Å². The van der Waals surface area contributed by atoms with Crippen molar-refractivity contribution in [2.75, 3.05) is 45.3 Å². The van der Waals surface area contributed by atoms with E-state index in [-0.39, 0.29) is 11.9 Å². The van der Waals surface area contributed by atoms with Gasteiger partial charge in [0.05, 0.1) is 20.3 Å². The maximum atomic E-state index is 12.6. The van der Waals surface area contributed by atoms with E-state index >= 15 is 0 Å². The van der Waals surface area contributed by atoms with Crippen LogP contribution in [0.25, 0.3) is 0 Å². The van der Waals surface area contributed by atoms with Gasteiger partial charge in [0, 0.05) is 43.4 Å². The lowest BCUT2D eigenvalue weighted by molar-refractivity contribution is -0.126. The number of rotatable bonds is 7. The first-order valence-electron chi connectivity index (χ1n) is 9.61.